The lowest BCUT2D eigenvalue weighted by Gasteiger charge is -2.55. The molecule has 19 heavy (non-hydrogen) atoms. The Balaban J connectivity index is 1.66. The van der Waals surface area contributed by atoms with E-state index in [0.717, 1.165) is 24.2 Å². The van der Waals surface area contributed by atoms with E-state index in [1.807, 2.05) is 0 Å². The summed E-state index contributed by atoms with van der Waals surface area (Å²) in [7, 11) is 0. The van der Waals surface area contributed by atoms with Gasteiger partial charge in [-0.25, -0.2) is 0 Å². The molecule has 0 saturated heterocycles. The largest absolute Gasteiger partial charge is 0.353 e. The monoisotopic (exact) mass is 263 g/mol. The highest BCUT2D eigenvalue weighted by Crippen LogP contribution is 2.60. The summed E-state index contributed by atoms with van der Waals surface area (Å²) >= 11 is 0. The minimum Gasteiger partial charge on any atom is -0.353 e. The van der Waals surface area contributed by atoms with Gasteiger partial charge >= 0.3 is 0 Å². The summed E-state index contributed by atoms with van der Waals surface area (Å²) in [5.74, 6) is 3.62. The molecule has 1 amide bonds. The molecule has 4 rings (SSSR count). The fraction of sp³-hybridized carbons (Fsp3) is 0.941. The van der Waals surface area contributed by atoms with Gasteiger partial charge in [-0.1, -0.05) is 13.8 Å². The van der Waals surface area contributed by atoms with Crippen molar-refractivity contribution in [2.24, 2.45) is 29.1 Å². The molecule has 1 N–H and O–H groups in total. The van der Waals surface area contributed by atoms with E-state index in [1.54, 1.807) is 0 Å². The van der Waals surface area contributed by atoms with E-state index in [0.29, 0.717) is 17.9 Å². The van der Waals surface area contributed by atoms with Gasteiger partial charge < -0.3 is 5.32 Å². The van der Waals surface area contributed by atoms with Gasteiger partial charge in [0.25, 0.3) is 0 Å². The minimum absolute atomic E-state index is 0.0278. The molecule has 2 nitrogen and oxygen atoms in total. The second-order valence-electron chi connectivity index (χ2n) is 8.20. The van der Waals surface area contributed by atoms with Gasteiger partial charge in [0.2, 0.25) is 5.91 Å². The molecule has 0 aliphatic heterocycles. The highest BCUT2D eigenvalue weighted by molar-refractivity contribution is 5.83. The zero-order valence-corrected chi connectivity index (χ0v) is 12.7. The third kappa shape index (κ3) is 2.55. The van der Waals surface area contributed by atoms with E-state index >= 15 is 0 Å². The van der Waals surface area contributed by atoms with E-state index in [9.17, 15) is 4.79 Å². The van der Waals surface area contributed by atoms with Gasteiger partial charge in [0.15, 0.2) is 0 Å². The van der Waals surface area contributed by atoms with Crippen LogP contribution in [0.3, 0.4) is 0 Å². The first-order valence-electron chi connectivity index (χ1n) is 8.28. The molecule has 0 unspecified atom stereocenters. The number of hydrogen-bond donors (Lipinski definition) is 1. The topological polar surface area (TPSA) is 29.1 Å². The fourth-order valence-corrected chi connectivity index (χ4v) is 5.53. The molecule has 0 heterocycles. The molecule has 0 aromatic carbocycles. The predicted molar refractivity (Wildman–Crippen MR) is 77.7 cm³/mol. The molecular weight excluding hydrogens is 234 g/mol. The van der Waals surface area contributed by atoms with Crippen molar-refractivity contribution >= 4 is 5.91 Å². The summed E-state index contributed by atoms with van der Waals surface area (Å²) < 4.78 is 0. The molecule has 0 aromatic rings. The molecule has 1 atom stereocenters. The molecule has 2 heteroatoms. The molecule has 4 fully saturated rings. The number of carbonyl (C=O) groups excluding carboxylic acids is 1. The normalized spacial score (nSPS) is 41.6. The first kappa shape index (κ1) is 13.5. The zero-order chi connectivity index (χ0) is 13.6. The van der Waals surface area contributed by atoms with Crippen molar-refractivity contribution in [3.05, 3.63) is 0 Å². The minimum atomic E-state index is 0.0278. The molecule has 4 aliphatic carbocycles. The van der Waals surface area contributed by atoms with Crippen LogP contribution in [-0.4, -0.2) is 11.9 Å². The smallest absolute Gasteiger partial charge is 0.226 e. The Kier molecular flexibility index (Phi) is 3.39. The Labute approximate surface area is 117 Å². The van der Waals surface area contributed by atoms with Crippen LogP contribution in [0.25, 0.3) is 0 Å². The molecule has 4 bridgehead atoms. The van der Waals surface area contributed by atoms with Crippen molar-refractivity contribution in [1.82, 2.24) is 5.32 Å². The van der Waals surface area contributed by atoms with E-state index in [1.165, 1.54) is 38.5 Å². The maximum Gasteiger partial charge on any atom is 0.226 e. The van der Waals surface area contributed by atoms with Gasteiger partial charge in [-0.15, -0.1) is 0 Å². The van der Waals surface area contributed by atoms with Crippen molar-refractivity contribution in [1.29, 1.82) is 0 Å². The lowest BCUT2D eigenvalue weighted by Crippen LogP contribution is -2.55. The molecule has 0 spiro atoms. The van der Waals surface area contributed by atoms with Crippen LogP contribution in [0, 0.1) is 29.1 Å². The van der Waals surface area contributed by atoms with Crippen LogP contribution in [0.4, 0.5) is 0 Å². The van der Waals surface area contributed by atoms with Crippen LogP contribution in [0.15, 0.2) is 0 Å². The van der Waals surface area contributed by atoms with Crippen molar-refractivity contribution in [3.8, 4) is 0 Å². The van der Waals surface area contributed by atoms with E-state index < -0.39 is 0 Å². The van der Waals surface area contributed by atoms with Crippen LogP contribution >= 0.6 is 0 Å². The van der Waals surface area contributed by atoms with E-state index in [4.69, 9.17) is 0 Å². The summed E-state index contributed by atoms with van der Waals surface area (Å²) in [6, 6.07) is 0.334. The Bertz CT molecular complexity index is 325. The highest BCUT2D eigenvalue weighted by Gasteiger charge is 2.54. The van der Waals surface area contributed by atoms with Gasteiger partial charge in [-0.3, -0.25) is 4.79 Å². The number of rotatable bonds is 4. The lowest BCUT2D eigenvalue weighted by molar-refractivity contribution is -0.147. The second-order valence-corrected chi connectivity index (χ2v) is 8.20. The SMILES string of the molecule is CC(C)C[C@H](C)NC(=O)C12CC3CC(CC(C3)C1)C2. The van der Waals surface area contributed by atoms with E-state index in [2.05, 4.69) is 26.1 Å². The summed E-state index contributed by atoms with van der Waals surface area (Å²) in [6.45, 7) is 6.62. The third-order valence-corrected chi connectivity index (χ3v) is 5.72. The molecule has 4 aliphatic rings. The zero-order valence-electron chi connectivity index (χ0n) is 12.7. The van der Waals surface area contributed by atoms with Gasteiger partial charge in [-0.2, -0.15) is 0 Å². The third-order valence-electron chi connectivity index (χ3n) is 5.72. The Morgan fingerprint density at radius 1 is 1.05 bits per heavy atom. The van der Waals surface area contributed by atoms with Crippen molar-refractivity contribution in [2.75, 3.05) is 0 Å². The fourth-order valence-electron chi connectivity index (χ4n) is 5.53. The van der Waals surface area contributed by atoms with Gasteiger partial charge in [0.1, 0.15) is 0 Å². The number of nitrogens with one attached hydrogen (secondary N) is 1. The van der Waals surface area contributed by atoms with Crippen molar-refractivity contribution in [2.45, 2.75) is 71.8 Å². The Morgan fingerprint density at radius 2 is 1.53 bits per heavy atom. The molecule has 0 aromatic heterocycles. The average molecular weight is 263 g/mol. The number of carbonyl (C=O) groups is 1. The van der Waals surface area contributed by atoms with Crippen LogP contribution in [0.1, 0.15) is 65.7 Å². The number of amides is 1. The summed E-state index contributed by atoms with van der Waals surface area (Å²) in [5.41, 5.74) is 0.0278. The summed E-state index contributed by atoms with van der Waals surface area (Å²) in [5, 5.41) is 3.33. The summed E-state index contributed by atoms with van der Waals surface area (Å²) in [4.78, 5) is 12.8. The van der Waals surface area contributed by atoms with Crippen molar-refractivity contribution < 1.29 is 4.79 Å². The second kappa shape index (κ2) is 4.79. The molecule has 108 valence electrons. The predicted octanol–water partition coefficient (Wildman–Crippen LogP) is 3.75. The summed E-state index contributed by atoms with van der Waals surface area (Å²) in [6.07, 6.45) is 8.87. The van der Waals surface area contributed by atoms with Gasteiger partial charge in [0, 0.05) is 11.5 Å². The average Bonchev–Trinajstić information content (AvgIpc) is 2.25. The van der Waals surface area contributed by atoms with Crippen molar-refractivity contribution in [3.63, 3.8) is 0 Å². The molecule has 4 saturated carbocycles. The van der Waals surface area contributed by atoms with Crippen LogP contribution in [-0.2, 0) is 4.79 Å². The van der Waals surface area contributed by atoms with Crippen LogP contribution in [0.5, 0.6) is 0 Å². The Hall–Kier alpha value is -0.530. The van der Waals surface area contributed by atoms with Crippen LogP contribution in [0.2, 0.25) is 0 Å². The quantitative estimate of drug-likeness (QED) is 0.822. The maximum atomic E-state index is 12.8. The first-order valence-corrected chi connectivity index (χ1v) is 8.28. The first-order chi connectivity index (χ1) is 8.97. The van der Waals surface area contributed by atoms with E-state index in [-0.39, 0.29) is 5.41 Å². The lowest BCUT2D eigenvalue weighted by atomic mass is 9.49. The highest BCUT2D eigenvalue weighted by atomic mass is 16.2. The van der Waals surface area contributed by atoms with Gasteiger partial charge in [-0.05, 0) is 75.5 Å². The standard InChI is InChI=1S/C17H29NO/c1-11(2)4-12(3)18-16(19)17-8-13-5-14(9-17)7-15(6-13)10-17/h11-15H,4-10H2,1-3H3,(H,18,19)/t12-,13?,14?,15?,17?/m0/s1. The molecule has 0 radical (unpaired) electrons. The number of hydrogen-bond acceptors (Lipinski definition) is 1. The van der Waals surface area contributed by atoms with Crippen LogP contribution < -0.4 is 5.32 Å². The van der Waals surface area contributed by atoms with Gasteiger partial charge in [0.05, 0.1) is 0 Å². The Morgan fingerprint density at radius 3 is 1.95 bits per heavy atom. The molecular formula is C17H29NO. The maximum absolute atomic E-state index is 12.8.